The molecule has 2 rings (SSSR count). The van der Waals surface area contributed by atoms with E-state index in [1.807, 2.05) is 24.3 Å². The summed E-state index contributed by atoms with van der Waals surface area (Å²) in [6.45, 7) is 0.387. The monoisotopic (exact) mass is 464 g/mol. The minimum Gasteiger partial charge on any atom is -0.486 e. The number of hydrogen-bond donors (Lipinski definition) is 0. The van der Waals surface area contributed by atoms with Gasteiger partial charge in [0.1, 0.15) is 6.61 Å². The lowest BCUT2D eigenvalue weighted by Gasteiger charge is -2.12. The zero-order chi connectivity index (χ0) is 16.8. The van der Waals surface area contributed by atoms with Crippen molar-refractivity contribution < 1.29 is 14.3 Å². The molecule has 0 aromatic heterocycles. The molecule has 0 saturated heterocycles. The molecule has 23 heavy (non-hydrogen) atoms. The Morgan fingerprint density at radius 2 is 1.83 bits per heavy atom. The molecule has 0 heterocycles. The number of methoxy groups -OCH3 is 1. The smallest absolute Gasteiger partial charge is 0.305 e. The molecule has 6 heteroatoms. The van der Waals surface area contributed by atoms with Crippen molar-refractivity contribution in [3.05, 3.63) is 61.1 Å². The van der Waals surface area contributed by atoms with Gasteiger partial charge in [0.2, 0.25) is 0 Å². The molecule has 0 N–H and O–H groups in total. The molecule has 3 nitrogen and oxygen atoms in total. The van der Waals surface area contributed by atoms with Gasteiger partial charge in [0.15, 0.2) is 5.75 Å². The maximum Gasteiger partial charge on any atom is 0.305 e. The Bertz CT molecular complexity index is 681. The van der Waals surface area contributed by atoms with Crippen LogP contribution in [0.25, 0.3) is 0 Å². The van der Waals surface area contributed by atoms with Crippen molar-refractivity contribution in [2.24, 2.45) is 0 Å². The SMILES string of the molecule is COC(=O)CCc1cc(Cl)c(OCc2cccc(I)c2)c(Cl)c1. The molecule has 2 aromatic carbocycles. The number of esters is 1. The van der Waals surface area contributed by atoms with Crippen LogP contribution >= 0.6 is 45.8 Å². The van der Waals surface area contributed by atoms with Gasteiger partial charge in [0, 0.05) is 9.99 Å². The summed E-state index contributed by atoms with van der Waals surface area (Å²) in [6.07, 6.45) is 0.801. The molecule has 0 atom stereocenters. The van der Waals surface area contributed by atoms with Crippen LogP contribution in [0.2, 0.25) is 10.0 Å². The van der Waals surface area contributed by atoms with Crippen molar-refractivity contribution in [3.63, 3.8) is 0 Å². The molecular weight excluding hydrogens is 450 g/mol. The van der Waals surface area contributed by atoms with Crippen LogP contribution in [0.1, 0.15) is 17.5 Å². The second kappa shape index (κ2) is 8.76. The molecule has 0 aliphatic heterocycles. The first-order valence-corrected chi connectivity index (χ1v) is 8.75. The van der Waals surface area contributed by atoms with Gasteiger partial charge in [-0.2, -0.15) is 0 Å². The topological polar surface area (TPSA) is 35.5 Å². The van der Waals surface area contributed by atoms with Gasteiger partial charge in [-0.15, -0.1) is 0 Å². The van der Waals surface area contributed by atoms with Crippen molar-refractivity contribution in [2.75, 3.05) is 7.11 Å². The van der Waals surface area contributed by atoms with E-state index in [0.717, 1.165) is 14.7 Å². The fraction of sp³-hybridized carbons (Fsp3) is 0.235. The van der Waals surface area contributed by atoms with Gasteiger partial charge in [-0.1, -0.05) is 35.3 Å². The molecule has 2 aromatic rings. The lowest BCUT2D eigenvalue weighted by molar-refractivity contribution is -0.140. The Balaban J connectivity index is 2.06. The van der Waals surface area contributed by atoms with Crippen LogP contribution in [0.5, 0.6) is 5.75 Å². The highest BCUT2D eigenvalue weighted by atomic mass is 127. The van der Waals surface area contributed by atoms with Crippen LogP contribution in [0.3, 0.4) is 0 Å². The van der Waals surface area contributed by atoms with Crippen molar-refractivity contribution in [1.29, 1.82) is 0 Å². The Kier molecular flexibility index (Phi) is 6.99. The molecule has 0 aliphatic rings. The molecule has 0 fully saturated rings. The van der Waals surface area contributed by atoms with Crippen LogP contribution in [0, 0.1) is 3.57 Å². The average Bonchev–Trinajstić information content (AvgIpc) is 2.51. The molecule has 0 aliphatic carbocycles. The highest BCUT2D eigenvalue weighted by Gasteiger charge is 2.11. The first kappa shape index (κ1) is 18.4. The van der Waals surface area contributed by atoms with E-state index in [2.05, 4.69) is 27.3 Å². The van der Waals surface area contributed by atoms with E-state index < -0.39 is 0 Å². The molecule has 0 unspecified atom stereocenters. The first-order valence-electron chi connectivity index (χ1n) is 6.91. The number of benzene rings is 2. The molecule has 0 saturated carbocycles. The first-order chi connectivity index (χ1) is 11.0. The lowest BCUT2D eigenvalue weighted by Crippen LogP contribution is -2.02. The van der Waals surface area contributed by atoms with Crippen molar-refractivity contribution in [1.82, 2.24) is 0 Å². The number of carbonyl (C=O) groups is 1. The Morgan fingerprint density at radius 3 is 2.43 bits per heavy atom. The number of hydrogen-bond acceptors (Lipinski definition) is 3. The largest absolute Gasteiger partial charge is 0.486 e. The maximum atomic E-state index is 11.2. The summed E-state index contributed by atoms with van der Waals surface area (Å²) in [7, 11) is 1.37. The quantitative estimate of drug-likeness (QED) is 0.430. The van der Waals surface area contributed by atoms with Crippen molar-refractivity contribution >= 4 is 51.8 Å². The van der Waals surface area contributed by atoms with Crippen LogP contribution in [0.4, 0.5) is 0 Å². The minimum atomic E-state index is -0.267. The average molecular weight is 465 g/mol. The van der Waals surface area contributed by atoms with Gasteiger partial charge in [-0.25, -0.2) is 0 Å². The second-order valence-electron chi connectivity index (χ2n) is 4.88. The van der Waals surface area contributed by atoms with Gasteiger partial charge >= 0.3 is 5.97 Å². The van der Waals surface area contributed by atoms with Gasteiger partial charge in [-0.05, 0) is 64.4 Å². The summed E-state index contributed by atoms with van der Waals surface area (Å²) in [5.74, 6) is 0.185. The van der Waals surface area contributed by atoms with Crippen LogP contribution in [-0.4, -0.2) is 13.1 Å². The zero-order valence-electron chi connectivity index (χ0n) is 12.4. The van der Waals surface area contributed by atoms with E-state index in [9.17, 15) is 4.79 Å². The predicted octanol–water partition coefficient (Wildman–Crippen LogP) is 5.28. The summed E-state index contributed by atoms with van der Waals surface area (Å²) >= 11 is 14.8. The van der Waals surface area contributed by atoms with Crippen LogP contribution in [-0.2, 0) is 22.6 Å². The standard InChI is InChI=1S/C17H15Cl2IO3/c1-22-16(21)6-5-11-8-14(18)17(15(19)9-11)23-10-12-3-2-4-13(20)7-12/h2-4,7-9H,5-6,10H2,1H3. The Hall–Kier alpha value is -0.980. The minimum absolute atomic E-state index is 0.267. The molecule has 122 valence electrons. The number of halogens is 3. The zero-order valence-corrected chi connectivity index (χ0v) is 16.1. The third-order valence-electron chi connectivity index (χ3n) is 3.18. The predicted molar refractivity (Wildman–Crippen MR) is 100 cm³/mol. The van der Waals surface area contributed by atoms with E-state index in [0.29, 0.717) is 28.8 Å². The van der Waals surface area contributed by atoms with Crippen molar-refractivity contribution in [2.45, 2.75) is 19.4 Å². The summed E-state index contributed by atoms with van der Waals surface area (Å²) in [4.78, 5) is 11.2. The fourth-order valence-corrected chi connectivity index (χ4v) is 3.27. The van der Waals surface area contributed by atoms with Gasteiger partial charge in [0.25, 0.3) is 0 Å². The summed E-state index contributed by atoms with van der Waals surface area (Å²) in [5, 5.41) is 0.867. The fourth-order valence-electron chi connectivity index (χ4n) is 2.03. The van der Waals surface area contributed by atoms with Crippen LogP contribution < -0.4 is 4.74 Å². The number of carbonyl (C=O) groups excluding carboxylic acids is 1. The second-order valence-corrected chi connectivity index (χ2v) is 6.94. The van der Waals surface area contributed by atoms with Crippen molar-refractivity contribution in [3.8, 4) is 5.75 Å². The third kappa shape index (κ3) is 5.55. The van der Waals surface area contributed by atoms with E-state index in [1.54, 1.807) is 12.1 Å². The number of aryl methyl sites for hydroxylation is 1. The van der Waals surface area contributed by atoms with Gasteiger partial charge in [-0.3, -0.25) is 4.79 Å². The van der Waals surface area contributed by atoms with Crippen LogP contribution in [0.15, 0.2) is 36.4 Å². The normalized spacial score (nSPS) is 10.4. The molecule has 0 bridgehead atoms. The number of rotatable bonds is 6. The molecule has 0 spiro atoms. The third-order valence-corrected chi connectivity index (χ3v) is 4.41. The summed E-state index contributed by atoms with van der Waals surface area (Å²) in [6, 6.07) is 11.5. The van der Waals surface area contributed by atoms with E-state index in [-0.39, 0.29) is 12.4 Å². The maximum absolute atomic E-state index is 11.2. The van der Waals surface area contributed by atoms with E-state index in [1.165, 1.54) is 7.11 Å². The van der Waals surface area contributed by atoms with Gasteiger partial charge < -0.3 is 9.47 Å². The Morgan fingerprint density at radius 1 is 1.13 bits per heavy atom. The van der Waals surface area contributed by atoms with Gasteiger partial charge in [0.05, 0.1) is 17.2 Å². The molecule has 0 radical (unpaired) electrons. The molecular formula is C17H15Cl2IO3. The highest BCUT2D eigenvalue weighted by Crippen LogP contribution is 2.35. The van der Waals surface area contributed by atoms with E-state index >= 15 is 0 Å². The number of ether oxygens (including phenoxy) is 2. The Labute approximate surface area is 159 Å². The lowest BCUT2D eigenvalue weighted by atomic mass is 10.1. The molecule has 0 amide bonds. The van der Waals surface area contributed by atoms with E-state index in [4.69, 9.17) is 27.9 Å². The summed E-state index contributed by atoms with van der Waals surface area (Å²) in [5.41, 5.74) is 1.91. The highest BCUT2D eigenvalue weighted by molar-refractivity contribution is 14.1. The summed E-state index contributed by atoms with van der Waals surface area (Å²) < 4.78 is 11.5.